The first-order chi connectivity index (χ1) is 11.5. The first-order valence-electron chi connectivity index (χ1n) is 7.41. The van der Waals surface area contributed by atoms with E-state index in [1.807, 2.05) is 43.3 Å². The predicted molar refractivity (Wildman–Crippen MR) is 95.3 cm³/mol. The highest BCUT2D eigenvalue weighted by Gasteiger charge is 2.17. The molecule has 5 nitrogen and oxygen atoms in total. The summed E-state index contributed by atoms with van der Waals surface area (Å²) in [5.41, 5.74) is 2.08. The van der Waals surface area contributed by atoms with Gasteiger partial charge in [-0.05, 0) is 23.8 Å². The quantitative estimate of drug-likeness (QED) is 0.651. The Morgan fingerprint density at radius 2 is 1.75 bits per heavy atom. The van der Waals surface area contributed by atoms with Gasteiger partial charge in [0.15, 0.2) is 5.78 Å². The molecule has 0 spiro atoms. The Morgan fingerprint density at radius 3 is 2.29 bits per heavy atom. The van der Waals surface area contributed by atoms with Crippen molar-refractivity contribution in [3.05, 3.63) is 53.6 Å². The van der Waals surface area contributed by atoms with Crippen molar-refractivity contribution in [2.45, 2.75) is 0 Å². The molecule has 0 saturated heterocycles. The van der Waals surface area contributed by atoms with Crippen LogP contribution in [0.5, 0.6) is 17.2 Å². The molecule has 2 rings (SSSR count). The van der Waals surface area contributed by atoms with Gasteiger partial charge in [-0.15, -0.1) is 0 Å². The van der Waals surface area contributed by atoms with Gasteiger partial charge in [-0.3, -0.25) is 4.79 Å². The summed E-state index contributed by atoms with van der Waals surface area (Å²) >= 11 is 0. The summed E-state index contributed by atoms with van der Waals surface area (Å²) < 4.78 is 10.2. The summed E-state index contributed by atoms with van der Waals surface area (Å²) in [5, 5.41) is 10.1. The molecule has 0 fully saturated rings. The lowest BCUT2D eigenvalue weighted by atomic mass is 10.1. The molecule has 0 aliphatic carbocycles. The number of anilines is 1. The van der Waals surface area contributed by atoms with Gasteiger partial charge in [-0.25, -0.2) is 0 Å². The maximum absolute atomic E-state index is 12.4. The smallest absolute Gasteiger partial charge is 0.193 e. The number of aromatic hydroxyl groups is 1. The topological polar surface area (TPSA) is 59.0 Å². The van der Waals surface area contributed by atoms with Crippen LogP contribution in [-0.2, 0) is 0 Å². The second kappa shape index (κ2) is 7.55. The number of phenolic OH excluding ortho intramolecular Hbond substituents is 1. The molecule has 0 aromatic heterocycles. The molecule has 24 heavy (non-hydrogen) atoms. The number of carbonyl (C=O) groups excluding carboxylic acids is 1. The number of benzene rings is 2. The normalized spacial score (nSPS) is 10.7. The second-order valence-electron chi connectivity index (χ2n) is 5.41. The Balaban J connectivity index is 2.26. The van der Waals surface area contributed by atoms with Gasteiger partial charge in [0.1, 0.15) is 22.8 Å². The highest BCUT2D eigenvalue weighted by Crippen LogP contribution is 2.33. The van der Waals surface area contributed by atoms with Crippen molar-refractivity contribution in [2.75, 3.05) is 33.2 Å². The molecule has 1 N–H and O–H groups in total. The van der Waals surface area contributed by atoms with E-state index >= 15 is 0 Å². The number of phenols is 1. The minimum atomic E-state index is -0.344. The van der Waals surface area contributed by atoms with Gasteiger partial charge in [0.05, 0.1) is 14.2 Å². The Morgan fingerprint density at radius 1 is 1.08 bits per heavy atom. The molecule has 0 bridgehead atoms. The SMILES string of the molecule is COc1cc(O)c(C(=O)/C=C/c2ccc(N(C)C)cc2)c(OC)c1. The average molecular weight is 327 g/mol. The molecule has 0 aliphatic rings. The Labute approximate surface area is 141 Å². The van der Waals surface area contributed by atoms with E-state index < -0.39 is 0 Å². The van der Waals surface area contributed by atoms with E-state index in [0.717, 1.165) is 11.3 Å². The minimum absolute atomic E-state index is 0.111. The highest BCUT2D eigenvalue weighted by molar-refractivity contribution is 6.10. The van der Waals surface area contributed by atoms with Crippen molar-refractivity contribution < 1.29 is 19.4 Å². The van der Waals surface area contributed by atoms with Crippen LogP contribution >= 0.6 is 0 Å². The number of hydrogen-bond acceptors (Lipinski definition) is 5. The van der Waals surface area contributed by atoms with E-state index in [9.17, 15) is 9.90 Å². The molecule has 0 saturated carbocycles. The van der Waals surface area contributed by atoms with Gasteiger partial charge in [0.25, 0.3) is 0 Å². The zero-order valence-corrected chi connectivity index (χ0v) is 14.2. The molecule has 2 aromatic rings. The third-order valence-corrected chi connectivity index (χ3v) is 3.59. The van der Waals surface area contributed by atoms with E-state index in [2.05, 4.69) is 0 Å². The molecule has 0 atom stereocenters. The Bertz CT molecular complexity index is 749. The van der Waals surface area contributed by atoms with Crippen LogP contribution in [0.2, 0.25) is 0 Å². The first kappa shape index (κ1) is 17.4. The van der Waals surface area contributed by atoms with Crippen molar-refractivity contribution in [3.63, 3.8) is 0 Å². The standard InChI is InChI=1S/C19H21NO4/c1-20(2)14-8-5-13(6-9-14)7-10-16(21)19-17(22)11-15(23-3)12-18(19)24-4/h5-12,22H,1-4H3/b10-7+. The number of rotatable bonds is 6. The van der Waals surface area contributed by atoms with Gasteiger partial charge in [-0.2, -0.15) is 0 Å². The predicted octanol–water partition coefficient (Wildman–Crippen LogP) is 3.37. The number of methoxy groups -OCH3 is 2. The number of ether oxygens (including phenoxy) is 2. The first-order valence-corrected chi connectivity index (χ1v) is 7.41. The van der Waals surface area contributed by atoms with Crippen LogP contribution in [-0.4, -0.2) is 39.2 Å². The van der Waals surface area contributed by atoms with Crippen LogP contribution in [0.4, 0.5) is 5.69 Å². The van der Waals surface area contributed by atoms with Gasteiger partial charge in [0, 0.05) is 31.9 Å². The summed E-state index contributed by atoms with van der Waals surface area (Å²) in [7, 11) is 6.85. The molecule has 0 amide bonds. The molecule has 5 heteroatoms. The summed E-state index contributed by atoms with van der Waals surface area (Å²) in [6, 6.07) is 10.7. The lowest BCUT2D eigenvalue weighted by Crippen LogP contribution is -2.07. The van der Waals surface area contributed by atoms with Crippen molar-refractivity contribution in [3.8, 4) is 17.2 Å². The molecule has 2 aromatic carbocycles. The van der Waals surface area contributed by atoms with Gasteiger partial charge in [-0.1, -0.05) is 18.2 Å². The highest BCUT2D eigenvalue weighted by atomic mass is 16.5. The molecule has 126 valence electrons. The van der Waals surface area contributed by atoms with Crippen molar-refractivity contribution in [1.29, 1.82) is 0 Å². The van der Waals surface area contributed by atoms with E-state index in [1.165, 1.54) is 26.4 Å². The maximum Gasteiger partial charge on any atom is 0.193 e. The van der Waals surface area contributed by atoms with E-state index in [1.54, 1.807) is 12.1 Å². The lowest BCUT2D eigenvalue weighted by molar-refractivity contribution is 0.104. The third-order valence-electron chi connectivity index (χ3n) is 3.59. The monoisotopic (exact) mass is 327 g/mol. The molecular formula is C19H21NO4. The number of nitrogens with zero attached hydrogens (tertiary/aromatic N) is 1. The van der Waals surface area contributed by atoms with E-state index in [0.29, 0.717) is 5.75 Å². The van der Waals surface area contributed by atoms with Gasteiger partial charge in [0.2, 0.25) is 0 Å². The number of hydrogen-bond donors (Lipinski definition) is 1. The van der Waals surface area contributed by atoms with Crippen molar-refractivity contribution in [2.24, 2.45) is 0 Å². The maximum atomic E-state index is 12.4. The molecular weight excluding hydrogens is 306 g/mol. The van der Waals surface area contributed by atoms with E-state index in [4.69, 9.17) is 9.47 Å². The van der Waals surface area contributed by atoms with Crippen LogP contribution in [0.3, 0.4) is 0 Å². The summed E-state index contributed by atoms with van der Waals surface area (Å²) in [5.74, 6) is 0.168. The number of carbonyl (C=O) groups is 1. The third kappa shape index (κ3) is 3.87. The lowest BCUT2D eigenvalue weighted by Gasteiger charge is -2.12. The van der Waals surface area contributed by atoms with Crippen LogP contribution < -0.4 is 14.4 Å². The molecule has 0 radical (unpaired) electrons. The zero-order valence-electron chi connectivity index (χ0n) is 14.2. The Kier molecular flexibility index (Phi) is 5.47. The summed E-state index contributed by atoms with van der Waals surface area (Å²) in [6.45, 7) is 0. The second-order valence-corrected chi connectivity index (χ2v) is 5.41. The van der Waals surface area contributed by atoms with E-state index in [-0.39, 0.29) is 22.8 Å². The summed E-state index contributed by atoms with van der Waals surface area (Å²) in [4.78, 5) is 14.4. The van der Waals surface area contributed by atoms with Crippen LogP contribution in [0, 0.1) is 0 Å². The Hall–Kier alpha value is -2.95. The average Bonchev–Trinajstić information content (AvgIpc) is 2.59. The fourth-order valence-electron chi connectivity index (χ4n) is 2.24. The van der Waals surface area contributed by atoms with Gasteiger partial charge < -0.3 is 19.5 Å². The van der Waals surface area contributed by atoms with Crippen molar-refractivity contribution >= 4 is 17.5 Å². The summed E-state index contributed by atoms with van der Waals surface area (Å²) in [6.07, 6.45) is 3.11. The number of ketones is 1. The molecule has 0 heterocycles. The molecule has 0 unspecified atom stereocenters. The minimum Gasteiger partial charge on any atom is -0.507 e. The van der Waals surface area contributed by atoms with Crippen LogP contribution in [0.25, 0.3) is 6.08 Å². The largest absolute Gasteiger partial charge is 0.507 e. The number of allylic oxidation sites excluding steroid dienone is 1. The molecule has 0 aliphatic heterocycles. The van der Waals surface area contributed by atoms with Crippen LogP contribution in [0.15, 0.2) is 42.5 Å². The van der Waals surface area contributed by atoms with Crippen molar-refractivity contribution in [1.82, 2.24) is 0 Å². The fraction of sp³-hybridized carbons (Fsp3) is 0.211. The van der Waals surface area contributed by atoms with Crippen LogP contribution in [0.1, 0.15) is 15.9 Å². The van der Waals surface area contributed by atoms with Gasteiger partial charge >= 0.3 is 0 Å². The fourth-order valence-corrected chi connectivity index (χ4v) is 2.24. The zero-order chi connectivity index (χ0) is 17.7.